The number of hydrogen-bond acceptors (Lipinski definition) is 5. The first kappa shape index (κ1) is 19.4. The van der Waals surface area contributed by atoms with Crippen molar-refractivity contribution >= 4 is 43.8 Å². The molecule has 4 aromatic rings. The van der Waals surface area contributed by atoms with E-state index in [4.69, 9.17) is 4.98 Å². The van der Waals surface area contributed by atoms with Gasteiger partial charge in [-0.25, -0.2) is 4.98 Å². The van der Waals surface area contributed by atoms with Crippen molar-refractivity contribution in [1.29, 1.82) is 0 Å². The Morgan fingerprint density at radius 2 is 1.93 bits per heavy atom. The molecule has 0 bridgehead atoms. The number of para-hydroxylation sites is 1. The van der Waals surface area contributed by atoms with E-state index < -0.39 is 0 Å². The molecule has 2 aromatic carbocycles. The Morgan fingerprint density at radius 3 is 2.73 bits per heavy atom. The SMILES string of the molecule is Cc1ccc(C(=O)Nc2sc3c(c2-c2nc4ccccc4s2)CCN(C)C3)cc1C. The zero-order valence-electron chi connectivity index (χ0n) is 17.3. The van der Waals surface area contributed by atoms with Crippen molar-refractivity contribution < 1.29 is 4.79 Å². The average Bonchev–Trinajstić information content (AvgIpc) is 3.29. The van der Waals surface area contributed by atoms with Crippen LogP contribution >= 0.6 is 22.7 Å². The molecule has 0 radical (unpaired) electrons. The van der Waals surface area contributed by atoms with Gasteiger partial charge < -0.3 is 10.2 Å². The van der Waals surface area contributed by atoms with Gasteiger partial charge in [0.05, 0.1) is 10.2 Å². The Hall–Kier alpha value is -2.54. The van der Waals surface area contributed by atoms with E-state index in [1.165, 1.54) is 20.7 Å². The maximum absolute atomic E-state index is 13.1. The summed E-state index contributed by atoms with van der Waals surface area (Å²) in [7, 11) is 2.15. The maximum Gasteiger partial charge on any atom is 0.256 e. The van der Waals surface area contributed by atoms with Gasteiger partial charge in [0.2, 0.25) is 0 Å². The number of thiophene rings is 1. The summed E-state index contributed by atoms with van der Waals surface area (Å²) in [5.74, 6) is -0.0626. The highest BCUT2D eigenvalue weighted by Gasteiger charge is 2.27. The first-order valence-corrected chi connectivity index (χ1v) is 11.7. The second-order valence-corrected chi connectivity index (χ2v) is 10.1. The number of thiazole rings is 1. The molecule has 5 rings (SSSR count). The predicted molar refractivity (Wildman–Crippen MR) is 127 cm³/mol. The fraction of sp³-hybridized carbons (Fsp3) is 0.250. The minimum absolute atomic E-state index is 0.0626. The number of carbonyl (C=O) groups is 1. The standard InChI is InChI=1S/C24H23N3OS2/c1-14-8-9-16(12-15(14)2)22(28)26-24-21(17-10-11-27(3)13-20(17)30-24)23-25-18-6-4-5-7-19(18)29-23/h4-9,12H,10-11,13H2,1-3H3,(H,26,28). The summed E-state index contributed by atoms with van der Waals surface area (Å²) < 4.78 is 1.17. The number of amides is 1. The number of likely N-dealkylation sites (N-methyl/N-ethyl adjacent to an activating group) is 1. The molecule has 0 saturated heterocycles. The van der Waals surface area contributed by atoms with Crippen LogP contribution in [0.4, 0.5) is 5.00 Å². The number of nitrogens with one attached hydrogen (secondary N) is 1. The number of hydrogen-bond donors (Lipinski definition) is 1. The molecule has 0 aliphatic carbocycles. The van der Waals surface area contributed by atoms with E-state index in [1.807, 2.05) is 37.3 Å². The van der Waals surface area contributed by atoms with E-state index in [0.29, 0.717) is 5.56 Å². The lowest BCUT2D eigenvalue weighted by Crippen LogP contribution is -2.25. The van der Waals surface area contributed by atoms with Gasteiger partial charge in [0.15, 0.2) is 0 Å². The molecule has 0 unspecified atom stereocenters. The van der Waals surface area contributed by atoms with E-state index in [-0.39, 0.29) is 5.91 Å². The second kappa shape index (κ2) is 7.61. The van der Waals surface area contributed by atoms with Gasteiger partial charge in [-0.15, -0.1) is 22.7 Å². The fourth-order valence-electron chi connectivity index (χ4n) is 3.88. The average molecular weight is 434 g/mol. The highest BCUT2D eigenvalue weighted by molar-refractivity contribution is 7.23. The Balaban J connectivity index is 1.58. The third-order valence-corrected chi connectivity index (χ3v) is 7.94. The summed E-state index contributed by atoms with van der Waals surface area (Å²) in [6, 6.07) is 14.1. The van der Waals surface area contributed by atoms with E-state index in [9.17, 15) is 4.79 Å². The summed E-state index contributed by atoms with van der Waals surface area (Å²) in [5, 5.41) is 5.12. The van der Waals surface area contributed by atoms with Gasteiger partial charge in [0, 0.05) is 29.1 Å². The van der Waals surface area contributed by atoms with Crippen LogP contribution in [0.2, 0.25) is 0 Å². The topological polar surface area (TPSA) is 45.2 Å². The van der Waals surface area contributed by atoms with Crippen LogP contribution in [0.15, 0.2) is 42.5 Å². The Morgan fingerprint density at radius 1 is 1.10 bits per heavy atom. The fourth-order valence-corrected chi connectivity index (χ4v) is 6.32. The maximum atomic E-state index is 13.1. The van der Waals surface area contributed by atoms with Crippen LogP contribution in [0.25, 0.3) is 20.8 Å². The quantitative estimate of drug-likeness (QED) is 0.439. The van der Waals surface area contributed by atoms with Crippen LogP contribution < -0.4 is 5.32 Å². The molecule has 30 heavy (non-hydrogen) atoms. The normalized spacial score (nSPS) is 14.1. The molecular formula is C24H23N3OS2. The van der Waals surface area contributed by atoms with Gasteiger partial charge in [0.1, 0.15) is 10.0 Å². The van der Waals surface area contributed by atoms with Gasteiger partial charge in [-0.2, -0.15) is 0 Å². The number of fused-ring (bicyclic) bond motifs is 2. The van der Waals surface area contributed by atoms with Crippen LogP contribution in [0.3, 0.4) is 0 Å². The third-order valence-electron chi connectivity index (χ3n) is 5.75. The minimum atomic E-state index is -0.0626. The van der Waals surface area contributed by atoms with E-state index in [0.717, 1.165) is 46.2 Å². The van der Waals surface area contributed by atoms with Crippen LogP contribution in [0.1, 0.15) is 31.9 Å². The second-order valence-electron chi connectivity index (χ2n) is 7.94. The smallest absolute Gasteiger partial charge is 0.256 e. The number of aryl methyl sites for hydroxylation is 2. The van der Waals surface area contributed by atoms with Crippen LogP contribution in [-0.2, 0) is 13.0 Å². The molecule has 0 saturated carbocycles. The number of anilines is 1. The molecule has 1 amide bonds. The molecule has 1 aliphatic rings. The summed E-state index contributed by atoms with van der Waals surface area (Å²) in [4.78, 5) is 21.6. The largest absolute Gasteiger partial charge is 0.313 e. The van der Waals surface area contributed by atoms with Gasteiger partial charge in [0.25, 0.3) is 5.91 Å². The molecule has 0 fully saturated rings. The predicted octanol–water partition coefficient (Wildman–Crippen LogP) is 5.88. The molecular weight excluding hydrogens is 410 g/mol. The van der Waals surface area contributed by atoms with E-state index in [2.05, 4.69) is 36.3 Å². The van der Waals surface area contributed by atoms with Gasteiger partial charge in [-0.05, 0) is 68.3 Å². The molecule has 4 nitrogen and oxygen atoms in total. The highest BCUT2D eigenvalue weighted by Crippen LogP contribution is 2.45. The molecule has 1 aliphatic heterocycles. The lowest BCUT2D eigenvalue weighted by atomic mass is 10.0. The van der Waals surface area contributed by atoms with Gasteiger partial charge in [-0.3, -0.25) is 4.79 Å². The Kier molecular flexibility index (Phi) is 4.93. The van der Waals surface area contributed by atoms with Crippen molar-refractivity contribution in [2.75, 3.05) is 18.9 Å². The van der Waals surface area contributed by atoms with Gasteiger partial charge >= 0.3 is 0 Å². The highest BCUT2D eigenvalue weighted by atomic mass is 32.1. The Labute approximate surface area is 184 Å². The number of carbonyl (C=O) groups excluding carboxylic acids is 1. The minimum Gasteiger partial charge on any atom is -0.313 e. The summed E-state index contributed by atoms with van der Waals surface area (Å²) in [5.41, 5.74) is 6.47. The molecule has 2 aromatic heterocycles. The van der Waals surface area contributed by atoms with E-state index >= 15 is 0 Å². The van der Waals surface area contributed by atoms with Crippen molar-refractivity contribution in [2.45, 2.75) is 26.8 Å². The zero-order chi connectivity index (χ0) is 20.8. The zero-order valence-corrected chi connectivity index (χ0v) is 18.9. The Bertz CT molecular complexity index is 1240. The molecule has 3 heterocycles. The summed E-state index contributed by atoms with van der Waals surface area (Å²) >= 11 is 3.39. The monoisotopic (exact) mass is 433 g/mol. The third kappa shape index (κ3) is 3.45. The number of rotatable bonds is 3. The summed E-state index contributed by atoms with van der Waals surface area (Å²) in [6.07, 6.45) is 0.979. The van der Waals surface area contributed by atoms with Crippen molar-refractivity contribution in [2.24, 2.45) is 0 Å². The number of nitrogens with zero attached hydrogens (tertiary/aromatic N) is 2. The lowest BCUT2D eigenvalue weighted by molar-refractivity contribution is 0.102. The van der Waals surface area contributed by atoms with Crippen molar-refractivity contribution in [3.05, 3.63) is 69.6 Å². The van der Waals surface area contributed by atoms with Crippen molar-refractivity contribution in [1.82, 2.24) is 9.88 Å². The van der Waals surface area contributed by atoms with Crippen LogP contribution in [-0.4, -0.2) is 29.4 Å². The van der Waals surface area contributed by atoms with Crippen LogP contribution in [0.5, 0.6) is 0 Å². The molecule has 0 spiro atoms. The number of benzene rings is 2. The molecule has 0 atom stereocenters. The van der Waals surface area contributed by atoms with Crippen molar-refractivity contribution in [3.8, 4) is 10.6 Å². The van der Waals surface area contributed by atoms with Crippen molar-refractivity contribution in [3.63, 3.8) is 0 Å². The molecule has 6 heteroatoms. The van der Waals surface area contributed by atoms with E-state index in [1.54, 1.807) is 22.7 Å². The first-order chi connectivity index (χ1) is 14.5. The summed E-state index contributed by atoms with van der Waals surface area (Å²) in [6.45, 7) is 6.04. The molecule has 1 N–H and O–H groups in total. The van der Waals surface area contributed by atoms with Crippen LogP contribution in [0, 0.1) is 13.8 Å². The number of aromatic nitrogens is 1. The molecule has 152 valence electrons. The van der Waals surface area contributed by atoms with Gasteiger partial charge in [-0.1, -0.05) is 18.2 Å². The lowest BCUT2D eigenvalue weighted by Gasteiger charge is -2.22. The first-order valence-electron chi connectivity index (χ1n) is 10.1.